The monoisotopic (exact) mass is 415 g/mol. The summed E-state index contributed by atoms with van der Waals surface area (Å²) >= 11 is 5.53. The van der Waals surface area contributed by atoms with Crippen LogP contribution in [0.1, 0.15) is 43.2 Å². The van der Waals surface area contributed by atoms with Crippen LogP contribution in [0.4, 0.5) is 0 Å². The van der Waals surface area contributed by atoms with Gasteiger partial charge in [-0.15, -0.1) is 0 Å². The van der Waals surface area contributed by atoms with Gasteiger partial charge in [0, 0.05) is 35.2 Å². The van der Waals surface area contributed by atoms with Gasteiger partial charge in [-0.3, -0.25) is 9.69 Å². The summed E-state index contributed by atoms with van der Waals surface area (Å²) in [6, 6.07) is 19.0. The van der Waals surface area contributed by atoms with Crippen LogP contribution in [0, 0.1) is 0 Å². The highest BCUT2D eigenvalue weighted by Crippen LogP contribution is 2.29. The van der Waals surface area contributed by atoms with E-state index >= 15 is 0 Å². The number of hydrogen-bond acceptors (Lipinski definition) is 2. The van der Waals surface area contributed by atoms with E-state index in [-0.39, 0.29) is 11.9 Å². The van der Waals surface area contributed by atoms with Crippen molar-refractivity contribution in [2.24, 2.45) is 0 Å². The van der Waals surface area contributed by atoms with E-state index in [0.717, 1.165) is 35.9 Å². The second-order valence-corrected chi connectivity index (χ2v) is 8.56. The fraction of sp³-hybridized carbons (Fsp3) is 0.280. The molecule has 0 unspecified atom stereocenters. The molecule has 0 radical (unpaired) electrons. The summed E-state index contributed by atoms with van der Waals surface area (Å²) in [7, 11) is 0. The van der Waals surface area contributed by atoms with E-state index in [0.29, 0.717) is 10.8 Å². The van der Waals surface area contributed by atoms with Crippen molar-refractivity contribution >= 4 is 40.2 Å². The Labute approximate surface area is 182 Å². The first-order valence-corrected chi connectivity index (χ1v) is 11.1. The molecule has 1 N–H and O–H groups in total. The van der Waals surface area contributed by atoms with E-state index in [1.807, 2.05) is 23.1 Å². The minimum absolute atomic E-state index is 0.00629. The highest BCUT2D eigenvalue weighted by molar-refractivity contribution is 7.80. The number of carbonyl (C=O) groups is 1. The third-order valence-electron chi connectivity index (χ3n) is 6.16. The Hall–Kier alpha value is -2.92. The third kappa shape index (κ3) is 3.54. The van der Waals surface area contributed by atoms with Gasteiger partial charge in [-0.1, -0.05) is 67.8 Å². The molecule has 152 valence electrons. The van der Waals surface area contributed by atoms with Crippen LogP contribution in [-0.4, -0.2) is 26.5 Å². The molecule has 2 aliphatic rings. The zero-order valence-corrected chi connectivity index (χ0v) is 17.7. The van der Waals surface area contributed by atoms with Gasteiger partial charge in [-0.05, 0) is 42.8 Å². The van der Waals surface area contributed by atoms with Gasteiger partial charge >= 0.3 is 0 Å². The second kappa shape index (κ2) is 8.07. The van der Waals surface area contributed by atoms with Crippen LogP contribution < -0.4 is 5.32 Å². The Morgan fingerprint density at radius 1 is 1.00 bits per heavy atom. The van der Waals surface area contributed by atoms with Crippen molar-refractivity contribution in [2.45, 2.75) is 44.7 Å². The zero-order chi connectivity index (χ0) is 20.5. The average molecular weight is 416 g/mol. The highest BCUT2D eigenvalue weighted by Gasteiger charge is 2.36. The lowest BCUT2D eigenvalue weighted by molar-refractivity contribution is -0.124. The minimum atomic E-state index is 0.00629. The van der Waals surface area contributed by atoms with Gasteiger partial charge in [0.1, 0.15) is 5.70 Å². The number of amides is 1. The van der Waals surface area contributed by atoms with Gasteiger partial charge in [0.25, 0.3) is 5.91 Å². The highest BCUT2D eigenvalue weighted by atomic mass is 32.1. The number of aromatic nitrogens is 1. The number of para-hydroxylation sites is 1. The SMILES string of the molecule is O=C1/C(=C/c2cn(Cc3ccccc3)c3ccccc23)NC(=S)N1C1CCCCC1. The minimum Gasteiger partial charge on any atom is -0.342 e. The Balaban J connectivity index is 1.48. The molecule has 4 nitrogen and oxygen atoms in total. The van der Waals surface area contributed by atoms with Crippen molar-refractivity contribution in [3.63, 3.8) is 0 Å². The number of fused-ring (bicyclic) bond motifs is 1. The van der Waals surface area contributed by atoms with Gasteiger partial charge in [-0.25, -0.2) is 0 Å². The number of rotatable bonds is 4. The van der Waals surface area contributed by atoms with E-state index in [1.54, 1.807) is 0 Å². The molecule has 0 spiro atoms. The van der Waals surface area contributed by atoms with Crippen molar-refractivity contribution < 1.29 is 4.79 Å². The second-order valence-electron chi connectivity index (χ2n) is 8.17. The largest absolute Gasteiger partial charge is 0.342 e. The van der Waals surface area contributed by atoms with Crippen molar-refractivity contribution in [3.8, 4) is 0 Å². The van der Waals surface area contributed by atoms with Crippen molar-refractivity contribution in [3.05, 3.63) is 77.6 Å². The van der Waals surface area contributed by atoms with E-state index in [2.05, 4.69) is 58.5 Å². The molecule has 1 saturated carbocycles. The number of nitrogens with one attached hydrogen (secondary N) is 1. The number of nitrogens with zero attached hydrogens (tertiary/aromatic N) is 2. The Morgan fingerprint density at radius 3 is 2.53 bits per heavy atom. The molecule has 30 heavy (non-hydrogen) atoms. The molecule has 1 aliphatic heterocycles. The van der Waals surface area contributed by atoms with Gasteiger partial charge in [-0.2, -0.15) is 0 Å². The first-order valence-electron chi connectivity index (χ1n) is 10.7. The van der Waals surface area contributed by atoms with Crippen LogP contribution in [0.5, 0.6) is 0 Å². The smallest absolute Gasteiger partial charge is 0.276 e. The quantitative estimate of drug-likeness (QED) is 0.477. The first-order chi connectivity index (χ1) is 14.7. The molecule has 1 aliphatic carbocycles. The standard InChI is InChI=1S/C25H25N3OS/c29-24-22(26-25(30)28(24)20-11-5-2-6-12-20)15-19-17-27(16-18-9-3-1-4-10-18)23-14-8-7-13-21(19)23/h1,3-4,7-10,13-15,17,20H,2,5-6,11-12,16H2,(H,26,30)/b22-15-. The first kappa shape index (κ1) is 19.1. The van der Waals surface area contributed by atoms with Gasteiger partial charge in [0.2, 0.25) is 0 Å². The summed E-state index contributed by atoms with van der Waals surface area (Å²) < 4.78 is 2.24. The summed E-state index contributed by atoms with van der Waals surface area (Å²) in [5, 5.41) is 4.87. The number of hydrogen-bond donors (Lipinski definition) is 1. The predicted octanol–water partition coefficient (Wildman–Crippen LogP) is 5.08. The summed E-state index contributed by atoms with van der Waals surface area (Å²) in [4.78, 5) is 15.0. The Kier molecular flexibility index (Phi) is 5.13. The number of thiocarbonyl (C=S) groups is 1. The molecule has 0 atom stereocenters. The molecular weight excluding hydrogens is 390 g/mol. The molecule has 5 heteroatoms. The molecule has 3 aromatic rings. The van der Waals surface area contributed by atoms with Crippen LogP contribution in [0.15, 0.2) is 66.5 Å². The summed E-state index contributed by atoms with van der Waals surface area (Å²) in [5.41, 5.74) is 4.02. The lowest BCUT2D eigenvalue weighted by Gasteiger charge is -2.29. The molecule has 5 rings (SSSR count). The van der Waals surface area contributed by atoms with Gasteiger partial charge in [0.15, 0.2) is 5.11 Å². The maximum absolute atomic E-state index is 13.2. The molecule has 0 bridgehead atoms. The topological polar surface area (TPSA) is 37.3 Å². The summed E-state index contributed by atoms with van der Waals surface area (Å²) in [6.45, 7) is 0.790. The van der Waals surface area contributed by atoms with E-state index < -0.39 is 0 Å². The van der Waals surface area contributed by atoms with Crippen molar-refractivity contribution in [1.29, 1.82) is 0 Å². The Bertz CT molecular complexity index is 1130. The van der Waals surface area contributed by atoms with Crippen LogP contribution in [0.3, 0.4) is 0 Å². The average Bonchev–Trinajstić information content (AvgIpc) is 3.26. The maximum Gasteiger partial charge on any atom is 0.276 e. The molecule has 1 amide bonds. The molecule has 2 fully saturated rings. The lowest BCUT2D eigenvalue weighted by Crippen LogP contribution is -2.41. The van der Waals surface area contributed by atoms with E-state index in [9.17, 15) is 4.79 Å². The van der Waals surface area contributed by atoms with E-state index in [1.165, 1.54) is 24.8 Å². The fourth-order valence-electron chi connectivity index (χ4n) is 4.68. The predicted molar refractivity (Wildman–Crippen MR) is 125 cm³/mol. The molecule has 1 aromatic heterocycles. The number of carbonyl (C=O) groups excluding carboxylic acids is 1. The molecule has 2 heterocycles. The van der Waals surface area contributed by atoms with Crippen LogP contribution >= 0.6 is 12.2 Å². The van der Waals surface area contributed by atoms with Crippen molar-refractivity contribution in [1.82, 2.24) is 14.8 Å². The van der Waals surface area contributed by atoms with Crippen LogP contribution in [0.25, 0.3) is 17.0 Å². The fourth-order valence-corrected chi connectivity index (χ4v) is 5.02. The van der Waals surface area contributed by atoms with Gasteiger partial charge < -0.3 is 9.88 Å². The normalized spacial score (nSPS) is 19.1. The van der Waals surface area contributed by atoms with E-state index in [4.69, 9.17) is 12.2 Å². The molecule has 2 aromatic carbocycles. The Morgan fingerprint density at radius 2 is 1.73 bits per heavy atom. The zero-order valence-electron chi connectivity index (χ0n) is 16.9. The van der Waals surface area contributed by atoms with Gasteiger partial charge in [0.05, 0.1) is 0 Å². The molecule has 1 saturated heterocycles. The maximum atomic E-state index is 13.2. The molecular formula is C25H25N3OS. The van der Waals surface area contributed by atoms with Crippen LogP contribution in [-0.2, 0) is 11.3 Å². The van der Waals surface area contributed by atoms with Crippen molar-refractivity contribution in [2.75, 3.05) is 0 Å². The lowest BCUT2D eigenvalue weighted by atomic mass is 9.94. The number of benzene rings is 2. The third-order valence-corrected chi connectivity index (χ3v) is 6.46. The van der Waals surface area contributed by atoms with Crippen LogP contribution in [0.2, 0.25) is 0 Å². The summed E-state index contributed by atoms with van der Waals surface area (Å²) in [5.74, 6) is 0.00629. The summed E-state index contributed by atoms with van der Waals surface area (Å²) in [6.07, 6.45) is 9.76.